The van der Waals surface area contributed by atoms with Crippen LogP contribution in [0.15, 0.2) is 51.4 Å². The number of aromatic amines is 2. The molecular weight excluding hydrogens is 526 g/mol. The number of H-pyrrole nitrogens is 2. The second-order valence-corrected chi connectivity index (χ2v) is 12.6. The summed E-state index contributed by atoms with van der Waals surface area (Å²) in [5, 5.41) is 0. The molecule has 2 aromatic carbocycles. The number of aryl methyl sites for hydroxylation is 3. The summed E-state index contributed by atoms with van der Waals surface area (Å²) in [5.74, 6) is -0.782. The maximum atomic E-state index is 14.2. The molecule has 1 aromatic heterocycles. The molecule has 0 radical (unpaired) electrons. The number of carbonyl (C=O) groups excluding carboxylic acids is 2. The highest BCUT2D eigenvalue weighted by atomic mass is 16.5. The highest BCUT2D eigenvalue weighted by Crippen LogP contribution is 2.49. The number of aliphatic imine (C=N–C) groups is 1. The number of aromatic nitrogens is 2. The van der Waals surface area contributed by atoms with E-state index in [0.29, 0.717) is 41.8 Å². The SMILES string of the molecule is CCOC(=O)C1C(CCC2CCCC2)=NC2=C(C(=O)CC(c3c(C)cc(C)cc3C)C2)C1c1ccc2[nH]c(=O)[nH]c2c1. The number of Topliss-reactive ketones (excluding diaryl/α,β-unsaturated/α-hetero) is 1. The second kappa shape index (κ2) is 11.5. The summed E-state index contributed by atoms with van der Waals surface area (Å²) in [5.41, 5.74) is 9.03. The quantitative estimate of drug-likeness (QED) is 0.304. The van der Waals surface area contributed by atoms with Crippen molar-refractivity contribution < 1.29 is 14.3 Å². The van der Waals surface area contributed by atoms with E-state index in [1.807, 2.05) is 25.1 Å². The molecule has 1 fully saturated rings. The average Bonchev–Trinajstić information content (AvgIpc) is 3.59. The fourth-order valence-corrected chi connectivity index (χ4v) is 7.98. The largest absolute Gasteiger partial charge is 0.465 e. The fraction of sp³-hybridized carbons (Fsp3) is 0.486. The zero-order valence-electron chi connectivity index (χ0n) is 25.1. The molecule has 7 heteroatoms. The van der Waals surface area contributed by atoms with Gasteiger partial charge in [0.1, 0.15) is 5.92 Å². The fourth-order valence-electron chi connectivity index (χ4n) is 7.98. The first-order valence-corrected chi connectivity index (χ1v) is 15.5. The smallest absolute Gasteiger partial charge is 0.323 e. The van der Waals surface area contributed by atoms with E-state index in [1.165, 1.54) is 47.9 Å². The summed E-state index contributed by atoms with van der Waals surface area (Å²) in [6, 6.07) is 10.1. The molecule has 0 bridgehead atoms. The Balaban J connectivity index is 1.48. The zero-order valence-corrected chi connectivity index (χ0v) is 25.1. The van der Waals surface area contributed by atoms with E-state index in [0.717, 1.165) is 23.4 Å². The Bertz CT molecular complexity index is 1640. The van der Waals surface area contributed by atoms with Gasteiger partial charge in [0.2, 0.25) is 0 Å². The van der Waals surface area contributed by atoms with Crippen LogP contribution in [0.3, 0.4) is 0 Å². The highest BCUT2D eigenvalue weighted by Gasteiger charge is 2.46. The first-order valence-electron chi connectivity index (χ1n) is 15.5. The average molecular weight is 568 g/mol. The third-order valence-corrected chi connectivity index (χ3v) is 9.63. The van der Waals surface area contributed by atoms with Crippen molar-refractivity contribution in [2.75, 3.05) is 6.61 Å². The van der Waals surface area contributed by atoms with E-state index < -0.39 is 11.8 Å². The van der Waals surface area contributed by atoms with Crippen LogP contribution in [0.4, 0.5) is 0 Å². The summed E-state index contributed by atoms with van der Waals surface area (Å²) in [6.07, 6.45) is 7.71. The summed E-state index contributed by atoms with van der Waals surface area (Å²) in [6.45, 7) is 8.44. The minimum absolute atomic E-state index is 0.0417. The molecule has 2 heterocycles. The highest BCUT2D eigenvalue weighted by molar-refractivity contribution is 6.10. The van der Waals surface area contributed by atoms with E-state index in [2.05, 4.69) is 42.9 Å². The number of fused-ring (bicyclic) bond motifs is 1. The number of ether oxygens (including phenoxy) is 1. The van der Waals surface area contributed by atoms with Crippen molar-refractivity contribution in [3.63, 3.8) is 0 Å². The van der Waals surface area contributed by atoms with Crippen molar-refractivity contribution in [3.8, 4) is 0 Å². The molecule has 3 aromatic rings. The van der Waals surface area contributed by atoms with Crippen molar-refractivity contribution in [3.05, 3.63) is 79.9 Å². The van der Waals surface area contributed by atoms with Gasteiger partial charge in [-0.1, -0.05) is 49.4 Å². The van der Waals surface area contributed by atoms with Crippen LogP contribution >= 0.6 is 0 Å². The normalized spacial score (nSPS) is 22.9. The molecule has 0 amide bonds. The molecule has 3 atom stereocenters. The topological polar surface area (TPSA) is 104 Å². The molecular formula is C35H41N3O4. The van der Waals surface area contributed by atoms with Gasteiger partial charge < -0.3 is 14.7 Å². The minimum atomic E-state index is -0.670. The van der Waals surface area contributed by atoms with Gasteiger partial charge in [-0.15, -0.1) is 0 Å². The lowest BCUT2D eigenvalue weighted by molar-refractivity contribution is -0.146. The van der Waals surface area contributed by atoms with Gasteiger partial charge in [-0.25, -0.2) is 4.79 Å². The number of hydrogen-bond acceptors (Lipinski definition) is 5. The maximum Gasteiger partial charge on any atom is 0.323 e. The van der Waals surface area contributed by atoms with E-state index in [9.17, 15) is 14.4 Å². The summed E-state index contributed by atoms with van der Waals surface area (Å²) in [7, 11) is 0. The van der Waals surface area contributed by atoms with Gasteiger partial charge in [-0.2, -0.15) is 0 Å². The summed E-state index contributed by atoms with van der Waals surface area (Å²) >= 11 is 0. The third kappa shape index (κ3) is 5.30. The molecule has 220 valence electrons. The van der Waals surface area contributed by atoms with Gasteiger partial charge >= 0.3 is 11.7 Å². The number of nitrogens with zero attached hydrogens (tertiary/aromatic N) is 1. The third-order valence-electron chi connectivity index (χ3n) is 9.63. The molecule has 2 aliphatic carbocycles. The Morgan fingerprint density at radius 1 is 0.976 bits per heavy atom. The van der Waals surface area contributed by atoms with Crippen LogP contribution in [0.25, 0.3) is 11.0 Å². The van der Waals surface area contributed by atoms with E-state index in [1.54, 1.807) is 0 Å². The molecule has 0 spiro atoms. The first-order chi connectivity index (χ1) is 20.2. The maximum absolute atomic E-state index is 14.2. The molecule has 7 nitrogen and oxygen atoms in total. The van der Waals surface area contributed by atoms with Gasteiger partial charge in [0, 0.05) is 29.3 Å². The molecule has 1 aliphatic heterocycles. The Morgan fingerprint density at radius 2 is 1.69 bits per heavy atom. The molecule has 3 unspecified atom stereocenters. The number of imidazole rings is 1. The number of benzene rings is 2. The van der Waals surface area contributed by atoms with Crippen LogP contribution in [-0.2, 0) is 14.3 Å². The predicted molar refractivity (Wildman–Crippen MR) is 165 cm³/mol. The minimum Gasteiger partial charge on any atom is -0.465 e. The van der Waals surface area contributed by atoms with E-state index >= 15 is 0 Å². The van der Waals surface area contributed by atoms with Crippen LogP contribution < -0.4 is 5.69 Å². The van der Waals surface area contributed by atoms with Gasteiger partial charge in [-0.3, -0.25) is 14.6 Å². The Hall–Kier alpha value is -3.74. The Morgan fingerprint density at radius 3 is 2.40 bits per heavy atom. The number of hydrogen-bond donors (Lipinski definition) is 2. The van der Waals surface area contributed by atoms with Crippen molar-refractivity contribution in [2.45, 2.75) is 90.9 Å². The second-order valence-electron chi connectivity index (χ2n) is 12.6. The van der Waals surface area contributed by atoms with E-state index in [-0.39, 0.29) is 30.0 Å². The molecule has 42 heavy (non-hydrogen) atoms. The van der Waals surface area contributed by atoms with Crippen molar-refractivity contribution in [1.29, 1.82) is 0 Å². The van der Waals surface area contributed by atoms with Crippen LogP contribution in [-0.4, -0.2) is 34.0 Å². The number of carbonyl (C=O) groups is 2. The van der Waals surface area contributed by atoms with Crippen molar-refractivity contribution in [2.24, 2.45) is 16.8 Å². The van der Waals surface area contributed by atoms with Crippen LogP contribution in [0.1, 0.15) is 97.9 Å². The lowest BCUT2D eigenvalue weighted by Gasteiger charge is -2.38. The summed E-state index contributed by atoms with van der Waals surface area (Å²) in [4.78, 5) is 50.9. The standard InChI is InChI=1S/C35H41N3O4/c1-5-42-34(40)33-26(12-10-22-8-6-7-9-22)36-28-17-24(30-20(3)14-19(2)15-21(30)4)18-29(39)32(28)31(33)23-11-13-25-27(16-23)38-35(41)37-25/h11,13-16,22,24,31,33H,5-10,12,17-18H2,1-4H3,(H2,37,38,41). The number of rotatable bonds is 7. The molecule has 1 saturated carbocycles. The zero-order chi connectivity index (χ0) is 29.5. The van der Waals surface area contributed by atoms with Crippen LogP contribution in [0.2, 0.25) is 0 Å². The summed E-state index contributed by atoms with van der Waals surface area (Å²) < 4.78 is 5.66. The first kappa shape index (κ1) is 28.4. The lowest BCUT2D eigenvalue weighted by atomic mass is 9.68. The Kier molecular flexibility index (Phi) is 7.77. The number of allylic oxidation sites excluding steroid dienone is 2. The molecule has 6 rings (SSSR count). The van der Waals surface area contributed by atoms with Gasteiger partial charge in [-0.05, 0) is 93.2 Å². The van der Waals surface area contributed by atoms with Crippen molar-refractivity contribution in [1.82, 2.24) is 9.97 Å². The molecule has 0 saturated heterocycles. The molecule has 3 aliphatic rings. The monoisotopic (exact) mass is 567 g/mol. The Labute approximate surface area is 246 Å². The van der Waals surface area contributed by atoms with Crippen LogP contribution in [0.5, 0.6) is 0 Å². The van der Waals surface area contributed by atoms with Gasteiger partial charge in [0.25, 0.3) is 0 Å². The number of ketones is 1. The molecule has 2 N–H and O–H groups in total. The van der Waals surface area contributed by atoms with Gasteiger partial charge in [0.05, 0.1) is 17.6 Å². The number of esters is 1. The van der Waals surface area contributed by atoms with E-state index in [4.69, 9.17) is 9.73 Å². The predicted octanol–water partition coefficient (Wildman–Crippen LogP) is 6.87. The number of nitrogens with one attached hydrogen (secondary N) is 2. The van der Waals surface area contributed by atoms with Gasteiger partial charge in [0.15, 0.2) is 5.78 Å². The lowest BCUT2D eigenvalue weighted by Crippen LogP contribution is -2.39. The van der Waals surface area contributed by atoms with Crippen molar-refractivity contribution >= 4 is 28.5 Å². The van der Waals surface area contributed by atoms with Crippen LogP contribution in [0, 0.1) is 32.6 Å².